The fourth-order valence-corrected chi connectivity index (χ4v) is 3.47. The fourth-order valence-electron chi connectivity index (χ4n) is 3.08. The Morgan fingerprint density at radius 3 is 2.33 bits per heavy atom. The zero-order chi connectivity index (χ0) is 21.9. The van der Waals surface area contributed by atoms with Crippen LogP contribution < -0.4 is 10.6 Å². The summed E-state index contributed by atoms with van der Waals surface area (Å²) in [6.45, 7) is 4.02. The van der Waals surface area contributed by atoms with Crippen molar-refractivity contribution >= 4 is 45.2 Å². The average molecular weight is 497 g/mol. The molecule has 0 spiro atoms. The molecule has 2 rings (SSSR count). The molecule has 0 radical (unpaired) electrons. The van der Waals surface area contributed by atoms with Gasteiger partial charge >= 0.3 is 12.0 Å². The molecule has 162 valence electrons. The van der Waals surface area contributed by atoms with E-state index in [4.69, 9.17) is 16.7 Å². The van der Waals surface area contributed by atoms with Crippen molar-refractivity contribution < 1.29 is 14.7 Å². The van der Waals surface area contributed by atoms with Crippen molar-refractivity contribution in [2.75, 3.05) is 25.0 Å². The molecule has 6 nitrogen and oxygen atoms in total. The minimum absolute atomic E-state index is 0.118. The number of halogens is 2. The van der Waals surface area contributed by atoms with Crippen molar-refractivity contribution in [3.8, 4) is 0 Å². The van der Waals surface area contributed by atoms with Gasteiger partial charge in [0.2, 0.25) is 0 Å². The topological polar surface area (TPSA) is 81.7 Å². The van der Waals surface area contributed by atoms with Crippen LogP contribution in [-0.2, 0) is 4.79 Å². The summed E-state index contributed by atoms with van der Waals surface area (Å²) < 4.78 is 0.950. The molecule has 0 bridgehead atoms. The first-order valence-corrected chi connectivity index (χ1v) is 11.0. The van der Waals surface area contributed by atoms with Crippen molar-refractivity contribution in [3.05, 3.63) is 63.6 Å². The van der Waals surface area contributed by atoms with Gasteiger partial charge in [-0.2, -0.15) is 0 Å². The van der Waals surface area contributed by atoms with E-state index in [1.807, 2.05) is 48.5 Å². The summed E-state index contributed by atoms with van der Waals surface area (Å²) >= 11 is 9.35. The van der Waals surface area contributed by atoms with E-state index in [2.05, 4.69) is 38.4 Å². The Balaban J connectivity index is 1.83. The number of anilines is 1. The van der Waals surface area contributed by atoms with Crippen LogP contribution in [0.3, 0.4) is 0 Å². The highest BCUT2D eigenvalue weighted by Crippen LogP contribution is 2.22. The highest BCUT2D eigenvalue weighted by atomic mass is 79.9. The van der Waals surface area contributed by atoms with Gasteiger partial charge in [0.1, 0.15) is 0 Å². The van der Waals surface area contributed by atoms with Crippen LogP contribution in [0.25, 0.3) is 0 Å². The van der Waals surface area contributed by atoms with Gasteiger partial charge in [-0.3, -0.25) is 9.69 Å². The van der Waals surface area contributed by atoms with Crippen molar-refractivity contribution in [2.45, 2.75) is 32.2 Å². The number of nitrogens with one attached hydrogen (secondary N) is 2. The normalized spacial score (nSPS) is 11.9. The lowest BCUT2D eigenvalue weighted by atomic mass is 10.1. The third kappa shape index (κ3) is 8.73. The van der Waals surface area contributed by atoms with Crippen LogP contribution in [0, 0.1) is 0 Å². The highest BCUT2D eigenvalue weighted by Gasteiger charge is 2.16. The Labute approximate surface area is 190 Å². The van der Waals surface area contributed by atoms with E-state index in [-0.39, 0.29) is 18.5 Å². The number of carboxylic acid groups (broad SMARTS) is 1. The summed E-state index contributed by atoms with van der Waals surface area (Å²) in [5, 5.41) is 15.3. The first-order valence-electron chi connectivity index (χ1n) is 9.87. The Morgan fingerprint density at radius 1 is 1.07 bits per heavy atom. The lowest BCUT2D eigenvalue weighted by Gasteiger charge is -2.29. The summed E-state index contributed by atoms with van der Waals surface area (Å²) in [5.74, 6) is -0.791. The maximum absolute atomic E-state index is 12.1. The largest absolute Gasteiger partial charge is 0.481 e. The third-order valence-corrected chi connectivity index (χ3v) is 5.53. The number of amides is 2. The first-order chi connectivity index (χ1) is 14.3. The van der Waals surface area contributed by atoms with Gasteiger partial charge in [-0.15, -0.1) is 0 Å². The summed E-state index contributed by atoms with van der Waals surface area (Å²) in [7, 11) is 0. The molecule has 0 fully saturated rings. The second kappa shape index (κ2) is 12.6. The maximum atomic E-state index is 12.1. The lowest BCUT2D eigenvalue weighted by Crippen LogP contribution is -2.34. The number of carboxylic acids is 1. The van der Waals surface area contributed by atoms with Crippen LogP contribution in [0.5, 0.6) is 0 Å². The predicted octanol–water partition coefficient (Wildman–Crippen LogP) is 5.54. The van der Waals surface area contributed by atoms with Crippen LogP contribution in [0.4, 0.5) is 10.5 Å². The summed E-state index contributed by atoms with van der Waals surface area (Å²) in [4.78, 5) is 25.2. The second-order valence-electron chi connectivity index (χ2n) is 7.00. The van der Waals surface area contributed by atoms with Crippen molar-refractivity contribution in [3.63, 3.8) is 0 Å². The molecular formula is C22H27BrClN3O3. The molecule has 0 aliphatic carbocycles. The first kappa shape index (κ1) is 24.2. The van der Waals surface area contributed by atoms with Gasteiger partial charge in [0.15, 0.2) is 0 Å². The van der Waals surface area contributed by atoms with Crippen LogP contribution >= 0.6 is 27.5 Å². The molecule has 0 aromatic heterocycles. The van der Waals surface area contributed by atoms with Crippen LogP contribution in [0.1, 0.15) is 37.8 Å². The number of hydrogen-bond acceptors (Lipinski definition) is 3. The van der Waals surface area contributed by atoms with E-state index < -0.39 is 5.97 Å². The number of hydrogen-bond donors (Lipinski definition) is 3. The van der Waals surface area contributed by atoms with Gasteiger partial charge in [-0.25, -0.2) is 4.79 Å². The third-order valence-electron chi connectivity index (χ3n) is 4.75. The molecule has 3 N–H and O–H groups in total. The number of aliphatic carboxylic acids is 1. The van der Waals surface area contributed by atoms with Crippen molar-refractivity contribution in [1.29, 1.82) is 0 Å². The molecule has 8 heteroatoms. The van der Waals surface area contributed by atoms with E-state index in [1.165, 1.54) is 0 Å². The molecule has 2 aromatic rings. The molecule has 0 saturated heterocycles. The zero-order valence-corrected chi connectivity index (χ0v) is 19.2. The minimum atomic E-state index is -0.791. The number of carbonyl (C=O) groups excluding carboxylic acids is 1. The number of benzene rings is 2. The van der Waals surface area contributed by atoms with Gasteiger partial charge in [0.05, 0.1) is 0 Å². The number of rotatable bonds is 11. The average Bonchev–Trinajstić information content (AvgIpc) is 2.71. The summed E-state index contributed by atoms with van der Waals surface area (Å²) in [6.07, 6.45) is 1.46. The van der Waals surface area contributed by atoms with E-state index in [9.17, 15) is 9.59 Å². The van der Waals surface area contributed by atoms with Gasteiger partial charge in [-0.1, -0.05) is 39.7 Å². The Morgan fingerprint density at radius 2 is 1.70 bits per heavy atom. The minimum Gasteiger partial charge on any atom is -0.481 e. The monoisotopic (exact) mass is 495 g/mol. The van der Waals surface area contributed by atoms with Crippen LogP contribution in [-0.4, -0.2) is 41.6 Å². The van der Waals surface area contributed by atoms with E-state index in [0.717, 1.165) is 28.7 Å². The molecule has 0 heterocycles. The summed E-state index contributed by atoms with van der Waals surface area (Å²) in [6, 6.07) is 14.9. The van der Waals surface area contributed by atoms with Crippen LogP contribution in [0.15, 0.2) is 53.0 Å². The Hall–Kier alpha value is -2.09. The standard InChI is InChI=1S/C22H27BrClN3O3/c1-16(17-5-9-19(24)10-6-17)27(14-2-4-21(28)29)15-3-13-25-22(30)26-20-11-7-18(23)8-12-20/h5-12,16H,2-4,13-15H2,1H3,(H,28,29)(H2,25,26,30). The molecule has 0 aliphatic heterocycles. The molecule has 1 unspecified atom stereocenters. The molecule has 1 atom stereocenters. The maximum Gasteiger partial charge on any atom is 0.319 e. The second-order valence-corrected chi connectivity index (χ2v) is 8.35. The van der Waals surface area contributed by atoms with Gasteiger partial charge in [0, 0.05) is 40.7 Å². The predicted molar refractivity (Wildman–Crippen MR) is 124 cm³/mol. The zero-order valence-electron chi connectivity index (χ0n) is 16.9. The SMILES string of the molecule is CC(c1ccc(Cl)cc1)N(CCCNC(=O)Nc1ccc(Br)cc1)CCCC(=O)O. The number of carbonyl (C=O) groups is 2. The quantitative estimate of drug-likeness (QED) is 0.357. The molecule has 0 aliphatic rings. The van der Waals surface area contributed by atoms with Gasteiger partial charge < -0.3 is 15.7 Å². The van der Waals surface area contributed by atoms with Crippen LogP contribution in [0.2, 0.25) is 5.02 Å². The van der Waals surface area contributed by atoms with E-state index >= 15 is 0 Å². The van der Waals surface area contributed by atoms with Crippen molar-refractivity contribution in [2.24, 2.45) is 0 Å². The molecular weight excluding hydrogens is 470 g/mol. The van der Waals surface area contributed by atoms with E-state index in [0.29, 0.717) is 24.5 Å². The van der Waals surface area contributed by atoms with E-state index in [1.54, 1.807) is 0 Å². The van der Waals surface area contributed by atoms with Crippen molar-refractivity contribution in [1.82, 2.24) is 10.2 Å². The van der Waals surface area contributed by atoms with Gasteiger partial charge in [0.25, 0.3) is 0 Å². The van der Waals surface area contributed by atoms with Gasteiger partial charge in [-0.05, 0) is 68.3 Å². The Kier molecular flexibility index (Phi) is 10.1. The number of urea groups is 1. The Bertz CT molecular complexity index is 815. The molecule has 30 heavy (non-hydrogen) atoms. The smallest absolute Gasteiger partial charge is 0.319 e. The molecule has 2 aromatic carbocycles. The molecule has 2 amide bonds. The number of nitrogens with zero attached hydrogens (tertiary/aromatic N) is 1. The lowest BCUT2D eigenvalue weighted by molar-refractivity contribution is -0.137. The molecule has 0 saturated carbocycles. The summed E-state index contributed by atoms with van der Waals surface area (Å²) in [5.41, 5.74) is 1.85. The fraction of sp³-hybridized carbons (Fsp3) is 0.364. The highest BCUT2D eigenvalue weighted by molar-refractivity contribution is 9.10.